The van der Waals surface area contributed by atoms with E-state index in [0.29, 0.717) is 35.1 Å². The molecule has 1 aliphatic heterocycles. The number of alkyl halides is 3. The molecule has 1 unspecified atom stereocenters. The summed E-state index contributed by atoms with van der Waals surface area (Å²) in [6, 6.07) is 8.38. The monoisotopic (exact) mass is 555 g/mol. The maximum Gasteiger partial charge on any atom is 0.471 e. The molecule has 1 atom stereocenters. The average molecular weight is 556 g/mol. The number of carbonyl (C=O) groups excluding carboxylic acids is 2. The number of anilines is 1. The number of hydrogen-bond donors (Lipinski definition) is 1. The van der Waals surface area contributed by atoms with Gasteiger partial charge in [0.1, 0.15) is 11.6 Å². The fourth-order valence-electron chi connectivity index (χ4n) is 4.33. The van der Waals surface area contributed by atoms with Gasteiger partial charge in [0.2, 0.25) is 0 Å². The van der Waals surface area contributed by atoms with Gasteiger partial charge in [0, 0.05) is 42.9 Å². The summed E-state index contributed by atoms with van der Waals surface area (Å²) < 4.78 is 69.0. The van der Waals surface area contributed by atoms with E-state index in [4.69, 9.17) is 14.2 Å². The predicted octanol–water partition coefficient (Wildman–Crippen LogP) is 5.15. The first-order chi connectivity index (χ1) is 18.6. The van der Waals surface area contributed by atoms with Gasteiger partial charge in [-0.25, -0.2) is 9.18 Å². The third-order valence-electron chi connectivity index (χ3n) is 6.30. The zero-order chi connectivity index (χ0) is 28.6. The standard InChI is InChI=1S/C27H33F4N3O5/c1-4-5-6-11-39-24-13-21(8-10-23(24)38-3)34-16-18(14-32-25(35)27(29,30)31)15-33(26(34)36)17-19-12-20(28)7-9-22(19)37-2/h7-10,12-13,18H,4-6,11,14-17H2,1-3H3,(H,32,35). The maximum atomic E-state index is 14.0. The normalized spacial score (nSPS) is 15.8. The van der Waals surface area contributed by atoms with Crippen LogP contribution in [0.25, 0.3) is 0 Å². The van der Waals surface area contributed by atoms with Crippen molar-refractivity contribution in [1.29, 1.82) is 0 Å². The number of urea groups is 1. The van der Waals surface area contributed by atoms with E-state index >= 15 is 0 Å². The summed E-state index contributed by atoms with van der Waals surface area (Å²) in [6.45, 7) is 2.20. The summed E-state index contributed by atoms with van der Waals surface area (Å²) >= 11 is 0. The number of nitrogens with one attached hydrogen (secondary N) is 1. The van der Waals surface area contributed by atoms with Crippen LogP contribution in [0.1, 0.15) is 31.7 Å². The lowest BCUT2D eigenvalue weighted by molar-refractivity contribution is -0.173. The predicted molar refractivity (Wildman–Crippen MR) is 137 cm³/mol. The highest BCUT2D eigenvalue weighted by Crippen LogP contribution is 2.34. The fraction of sp³-hybridized carbons (Fsp3) is 0.481. The van der Waals surface area contributed by atoms with Crippen molar-refractivity contribution in [2.24, 2.45) is 5.92 Å². The van der Waals surface area contributed by atoms with Gasteiger partial charge in [-0.15, -0.1) is 0 Å². The average Bonchev–Trinajstić information content (AvgIpc) is 2.90. The van der Waals surface area contributed by atoms with E-state index in [1.807, 2.05) is 5.32 Å². The highest BCUT2D eigenvalue weighted by molar-refractivity contribution is 5.93. The molecule has 0 aromatic heterocycles. The Morgan fingerprint density at radius 3 is 2.41 bits per heavy atom. The summed E-state index contributed by atoms with van der Waals surface area (Å²) in [4.78, 5) is 27.8. The molecule has 39 heavy (non-hydrogen) atoms. The summed E-state index contributed by atoms with van der Waals surface area (Å²) in [7, 11) is 2.91. The Morgan fingerprint density at radius 2 is 1.74 bits per heavy atom. The van der Waals surface area contributed by atoms with Crippen LogP contribution in [0.15, 0.2) is 36.4 Å². The molecule has 2 aromatic rings. The molecule has 1 aliphatic rings. The minimum Gasteiger partial charge on any atom is -0.496 e. The maximum absolute atomic E-state index is 14.0. The molecule has 1 heterocycles. The minimum absolute atomic E-state index is 0.0314. The second-order valence-corrected chi connectivity index (χ2v) is 9.19. The van der Waals surface area contributed by atoms with E-state index in [1.54, 1.807) is 18.2 Å². The molecule has 0 radical (unpaired) electrons. The molecule has 0 bridgehead atoms. The smallest absolute Gasteiger partial charge is 0.471 e. The number of rotatable bonds is 12. The number of ether oxygens (including phenoxy) is 3. The number of halogens is 4. The van der Waals surface area contributed by atoms with Crippen molar-refractivity contribution in [3.05, 3.63) is 47.8 Å². The van der Waals surface area contributed by atoms with Crippen molar-refractivity contribution in [2.45, 2.75) is 38.9 Å². The molecule has 0 spiro atoms. The molecule has 0 aliphatic carbocycles. The van der Waals surface area contributed by atoms with Gasteiger partial charge >= 0.3 is 18.1 Å². The Kier molecular flexibility index (Phi) is 10.2. The van der Waals surface area contributed by atoms with Crippen LogP contribution in [0, 0.1) is 11.7 Å². The number of hydrogen-bond acceptors (Lipinski definition) is 5. The Hall–Kier alpha value is -3.70. The molecule has 0 saturated carbocycles. The van der Waals surface area contributed by atoms with Crippen LogP contribution in [-0.4, -0.2) is 63.5 Å². The first-order valence-electron chi connectivity index (χ1n) is 12.6. The van der Waals surface area contributed by atoms with Crippen molar-refractivity contribution < 1.29 is 41.4 Å². The Balaban J connectivity index is 1.90. The van der Waals surface area contributed by atoms with E-state index < -0.39 is 29.8 Å². The van der Waals surface area contributed by atoms with Crippen LogP contribution in [0.2, 0.25) is 0 Å². The Bertz CT molecular complexity index is 1140. The SMILES string of the molecule is CCCCCOc1cc(N2CC(CNC(=O)C(F)(F)F)CN(Cc3cc(F)ccc3OC)C2=O)ccc1OC. The summed E-state index contributed by atoms with van der Waals surface area (Å²) in [6.07, 6.45) is -2.20. The third-order valence-corrected chi connectivity index (χ3v) is 6.30. The van der Waals surface area contributed by atoms with Gasteiger partial charge in [0.05, 0.1) is 27.4 Å². The van der Waals surface area contributed by atoms with Crippen LogP contribution in [-0.2, 0) is 11.3 Å². The molecule has 214 valence electrons. The lowest BCUT2D eigenvalue weighted by Gasteiger charge is -2.40. The number of amides is 3. The van der Waals surface area contributed by atoms with Gasteiger partial charge in [-0.1, -0.05) is 19.8 Å². The van der Waals surface area contributed by atoms with Crippen molar-refractivity contribution in [2.75, 3.05) is 45.4 Å². The molecule has 1 fully saturated rings. The molecule has 12 heteroatoms. The van der Waals surface area contributed by atoms with Crippen LogP contribution in [0.5, 0.6) is 17.2 Å². The van der Waals surface area contributed by atoms with Crippen molar-refractivity contribution in [3.8, 4) is 17.2 Å². The molecular formula is C27H33F4N3O5. The quantitative estimate of drug-likeness (QED) is 0.290. The van der Waals surface area contributed by atoms with Gasteiger partial charge in [0.25, 0.3) is 0 Å². The van der Waals surface area contributed by atoms with Crippen molar-refractivity contribution in [1.82, 2.24) is 10.2 Å². The second-order valence-electron chi connectivity index (χ2n) is 9.19. The van der Waals surface area contributed by atoms with Crippen molar-refractivity contribution >= 4 is 17.6 Å². The fourth-order valence-corrected chi connectivity index (χ4v) is 4.33. The van der Waals surface area contributed by atoms with Crippen LogP contribution < -0.4 is 24.4 Å². The van der Waals surface area contributed by atoms with Crippen LogP contribution in [0.3, 0.4) is 0 Å². The largest absolute Gasteiger partial charge is 0.496 e. The summed E-state index contributed by atoms with van der Waals surface area (Å²) in [5.41, 5.74) is 0.829. The van der Waals surface area contributed by atoms with E-state index in [1.165, 1.54) is 42.2 Å². The van der Waals surface area contributed by atoms with Gasteiger partial charge in [-0.05, 0) is 36.8 Å². The zero-order valence-electron chi connectivity index (χ0n) is 22.1. The van der Waals surface area contributed by atoms with Crippen LogP contribution >= 0.6 is 0 Å². The van der Waals surface area contributed by atoms with Gasteiger partial charge in [-0.3, -0.25) is 9.69 Å². The minimum atomic E-state index is -5.03. The van der Waals surface area contributed by atoms with Gasteiger partial charge in [0.15, 0.2) is 11.5 Å². The highest BCUT2D eigenvalue weighted by atomic mass is 19.4. The van der Waals surface area contributed by atoms with Gasteiger partial charge in [-0.2, -0.15) is 13.2 Å². The Morgan fingerprint density at radius 1 is 1.03 bits per heavy atom. The molecule has 3 rings (SSSR count). The highest BCUT2D eigenvalue weighted by Gasteiger charge is 2.40. The van der Waals surface area contributed by atoms with E-state index in [-0.39, 0.29) is 26.2 Å². The number of methoxy groups -OCH3 is 2. The lowest BCUT2D eigenvalue weighted by atomic mass is 10.0. The van der Waals surface area contributed by atoms with E-state index in [0.717, 1.165) is 19.3 Å². The summed E-state index contributed by atoms with van der Waals surface area (Å²) in [5.74, 6) is -1.91. The number of nitrogens with zero attached hydrogens (tertiary/aromatic N) is 2. The van der Waals surface area contributed by atoms with Gasteiger partial charge < -0.3 is 24.4 Å². The van der Waals surface area contributed by atoms with E-state index in [9.17, 15) is 27.2 Å². The third kappa shape index (κ3) is 7.90. The first kappa shape index (κ1) is 29.9. The molecule has 1 saturated heterocycles. The number of benzene rings is 2. The number of unbranched alkanes of at least 4 members (excludes halogenated alkanes) is 2. The second kappa shape index (κ2) is 13.4. The topological polar surface area (TPSA) is 80.3 Å². The van der Waals surface area contributed by atoms with Crippen LogP contribution in [0.4, 0.5) is 28.0 Å². The molecule has 3 amide bonds. The lowest BCUT2D eigenvalue weighted by Crippen LogP contribution is -2.56. The molecule has 2 aromatic carbocycles. The first-order valence-corrected chi connectivity index (χ1v) is 12.6. The Labute approximate surface area is 224 Å². The molecular weight excluding hydrogens is 522 g/mol. The molecule has 1 N–H and O–H groups in total. The van der Waals surface area contributed by atoms with Crippen molar-refractivity contribution in [3.63, 3.8) is 0 Å². The zero-order valence-corrected chi connectivity index (χ0v) is 22.1. The molecule has 8 nitrogen and oxygen atoms in total. The number of carbonyl (C=O) groups is 2. The summed E-state index contributed by atoms with van der Waals surface area (Å²) in [5, 5.41) is 1.91. The van der Waals surface area contributed by atoms with E-state index in [2.05, 4.69) is 6.92 Å².